The number of imide groups is 1. The van der Waals surface area contributed by atoms with Crippen LogP contribution in [0, 0.1) is 0 Å². The molecule has 2 heterocycles. The SMILES string of the molecule is COCO[C@@H]1[C@@H]2[C@@H](C(=O)N2c2ccc(OC)cc2)N(C(=O)OC(C)(C)C)C(=O)[C@H]1OCOC. The van der Waals surface area contributed by atoms with Crippen molar-refractivity contribution >= 4 is 23.6 Å². The molecule has 3 amide bonds. The van der Waals surface area contributed by atoms with Crippen LogP contribution in [0.5, 0.6) is 5.75 Å². The van der Waals surface area contributed by atoms with Gasteiger partial charge in [-0.25, -0.2) is 9.69 Å². The van der Waals surface area contributed by atoms with Crippen LogP contribution in [0.1, 0.15) is 20.8 Å². The molecule has 182 valence electrons. The van der Waals surface area contributed by atoms with Crippen molar-refractivity contribution in [1.29, 1.82) is 0 Å². The zero-order valence-electron chi connectivity index (χ0n) is 19.6. The maximum Gasteiger partial charge on any atom is 0.417 e. The van der Waals surface area contributed by atoms with E-state index in [0.29, 0.717) is 11.4 Å². The van der Waals surface area contributed by atoms with Crippen molar-refractivity contribution in [3.8, 4) is 5.75 Å². The van der Waals surface area contributed by atoms with E-state index < -0.39 is 47.8 Å². The minimum atomic E-state index is -1.23. The van der Waals surface area contributed by atoms with Crippen LogP contribution >= 0.6 is 0 Å². The number of methoxy groups -OCH3 is 3. The third-order valence-corrected chi connectivity index (χ3v) is 5.19. The van der Waals surface area contributed by atoms with Crippen molar-refractivity contribution in [2.24, 2.45) is 0 Å². The molecule has 33 heavy (non-hydrogen) atoms. The molecule has 2 fully saturated rings. The molecule has 11 heteroatoms. The van der Waals surface area contributed by atoms with Gasteiger partial charge in [0.1, 0.15) is 37.1 Å². The number of hydrogen-bond acceptors (Lipinski definition) is 9. The molecule has 0 saturated carbocycles. The highest BCUT2D eigenvalue weighted by Crippen LogP contribution is 2.40. The van der Waals surface area contributed by atoms with Gasteiger partial charge < -0.3 is 33.3 Å². The van der Waals surface area contributed by atoms with E-state index in [1.165, 1.54) is 26.2 Å². The number of fused-ring (bicyclic) bond motifs is 1. The number of β-lactam (4-membered cyclic amide) rings is 1. The first-order valence-corrected chi connectivity index (χ1v) is 10.4. The van der Waals surface area contributed by atoms with Crippen molar-refractivity contribution in [1.82, 2.24) is 4.90 Å². The fraction of sp³-hybridized carbons (Fsp3) is 0.591. The lowest BCUT2D eigenvalue weighted by molar-refractivity contribution is -0.205. The lowest BCUT2D eigenvalue weighted by Crippen LogP contribution is -2.82. The Morgan fingerprint density at radius 2 is 1.55 bits per heavy atom. The molecule has 3 rings (SSSR count). The zero-order chi connectivity index (χ0) is 24.3. The molecule has 0 spiro atoms. The fourth-order valence-electron chi connectivity index (χ4n) is 3.88. The van der Waals surface area contributed by atoms with Gasteiger partial charge in [-0.1, -0.05) is 0 Å². The second-order valence-electron chi connectivity index (χ2n) is 8.56. The van der Waals surface area contributed by atoms with E-state index >= 15 is 0 Å². The highest BCUT2D eigenvalue weighted by atomic mass is 16.7. The van der Waals surface area contributed by atoms with Crippen LogP contribution in [-0.2, 0) is 33.3 Å². The van der Waals surface area contributed by atoms with Crippen LogP contribution in [0.25, 0.3) is 0 Å². The van der Waals surface area contributed by atoms with Gasteiger partial charge in [0.2, 0.25) is 0 Å². The van der Waals surface area contributed by atoms with Gasteiger partial charge in [0.15, 0.2) is 6.10 Å². The van der Waals surface area contributed by atoms with Crippen molar-refractivity contribution in [2.45, 2.75) is 50.7 Å². The number of carbonyl (C=O) groups is 3. The van der Waals surface area contributed by atoms with E-state index in [0.717, 1.165) is 4.90 Å². The second kappa shape index (κ2) is 10.0. The fourth-order valence-corrected chi connectivity index (χ4v) is 3.88. The van der Waals surface area contributed by atoms with Crippen molar-refractivity contribution in [3.05, 3.63) is 24.3 Å². The highest BCUT2D eigenvalue weighted by molar-refractivity contribution is 6.12. The Bertz CT molecular complexity index is 868. The summed E-state index contributed by atoms with van der Waals surface area (Å²) in [7, 11) is 4.38. The average molecular weight is 466 g/mol. The predicted molar refractivity (Wildman–Crippen MR) is 115 cm³/mol. The summed E-state index contributed by atoms with van der Waals surface area (Å²) < 4.78 is 32.0. The van der Waals surface area contributed by atoms with Gasteiger partial charge in [0, 0.05) is 19.9 Å². The van der Waals surface area contributed by atoms with Gasteiger partial charge in [0.05, 0.1) is 13.2 Å². The van der Waals surface area contributed by atoms with E-state index in [1.54, 1.807) is 45.0 Å². The number of amides is 3. The van der Waals surface area contributed by atoms with E-state index in [9.17, 15) is 14.4 Å². The first-order chi connectivity index (χ1) is 15.6. The largest absolute Gasteiger partial charge is 0.497 e. The molecule has 2 aliphatic rings. The monoisotopic (exact) mass is 466 g/mol. The van der Waals surface area contributed by atoms with Crippen molar-refractivity contribution in [3.63, 3.8) is 0 Å². The minimum absolute atomic E-state index is 0.148. The molecule has 11 nitrogen and oxygen atoms in total. The first kappa shape index (κ1) is 24.9. The number of anilines is 1. The van der Waals surface area contributed by atoms with Crippen molar-refractivity contribution < 1.29 is 42.8 Å². The van der Waals surface area contributed by atoms with Gasteiger partial charge in [-0.2, -0.15) is 0 Å². The third-order valence-electron chi connectivity index (χ3n) is 5.19. The summed E-state index contributed by atoms with van der Waals surface area (Å²) in [6, 6.07) is 4.99. The number of carbonyl (C=O) groups excluding carboxylic acids is 3. The van der Waals surface area contributed by atoms with Crippen LogP contribution in [0.2, 0.25) is 0 Å². The standard InChI is InChI=1S/C22H30N2O9/c1-22(2,3)33-21(27)24-16-15(17(31-11-28-4)18(20(24)26)32-12-29-5)23(19(16)25)13-7-9-14(30-6)10-8-13/h7-10,15-18H,11-12H2,1-6H3/t15-,16-,17+,18-/m0/s1. The van der Waals surface area contributed by atoms with E-state index in [4.69, 9.17) is 28.4 Å². The lowest BCUT2D eigenvalue weighted by atomic mass is 9.81. The molecule has 0 unspecified atom stereocenters. The number of nitrogens with zero attached hydrogens (tertiary/aromatic N) is 2. The Labute approximate surface area is 192 Å². The van der Waals surface area contributed by atoms with Crippen LogP contribution in [-0.4, -0.2) is 87.6 Å². The lowest BCUT2D eigenvalue weighted by Gasteiger charge is -2.56. The summed E-state index contributed by atoms with van der Waals surface area (Å²) in [5.41, 5.74) is -0.321. The van der Waals surface area contributed by atoms with Crippen LogP contribution < -0.4 is 9.64 Å². The number of likely N-dealkylation sites (tertiary alicyclic amines) is 1. The predicted octanol–water partition coefficient (Wildman–Crippen LogP) is 1.53. The molecule has 0 radical (unpaired) electrons. The first-order valence-electron chi connectivity index (χ1n) is 10.4. The minimum Gasteiger partial charge on any atom is -0.497 e. The molecule has 0 aromatic heterocycles. The van der Waals surface area contributed by atoms with Gasteiger partial charge in [0.25, 0.3) is 11.8 Å². The Kier molecular flexibility index (Phi) is 7.58. The van der Waals surface area contributed by atoms with E-state index in [2.05, 4.69) is 0 Å². The summed E-state index contributed by atoms with van der Waals surface area (Å²) in [5.74, 6) is -0.571. The zero-order valence-corrected chi connectivity index (χ0v) is 19.6. The summed E-state index contributed by atoms with van der Waals surface area (Å²) in [5, 5.41) is 0. The molecule has 0 bridgehead atoms. The van der Waals surface area contributed by atoms with E-state index in [1.807, 2.05) is 0 Å². The van der Waals surface area contributed by atoms with Crippen LogP contribution in [0.3, 0.4) is 0 Å². The van der Waals surface area contributed by atoms with E-state index in [-0.39, 0.29) is 13.6 Å². The highest BCUT2D eigenvalue weighted by Gasteiger charge is 2.65. The maximum absolute atomic E-state index is 13.3. The average Bonchev–Trinajstić information content (AvgIpc) is 2.76. The second-order valence-corrected chi connectivity index (χ2v) is 8.56. The molecule has 2 saturated heterocycles. The Morgan fingerprint density at radius 3 is 2.09 bits per heavy atom. The van der Waals surface area contributed by atoms with Gasteiger partial charge >= 0.3 is 6.09 Å². The summed E-state index contributed by atoms with van der Waals surface area (Å²) in [6.07, 6.45) is -3.08. The number of rotatable bonds is 8. The van der Waals surface area contributed by atoms with Gasteiger partial charge in [-0.3, -0.25) is 9.59 Å². The van der Waals surface area contributed by atoms with Crippen LogP contribution in [0.15, 0.2) is 24.3 Å². The van der Waals surface area contributed by atoms with Crippen molar-refractivity contribution in [2.75, 3.05) is 39.8 Å². The molecular formula is C22H30N2O9. The van der Waals surface area contributed by atoms with Crippen LogP contribution in [0.4, 0.5) is 10.5 Å². The molecule has 1 aromatic rings. The summed E-state index contributed by atoms with van der Waals surface area (Å²) in [4.78, 5) is 41.9. The maximum atomic E-state index is 13.3. The number of benzene rings is 1. The Morgan fingerprint density at radius 1 is 0.939 bits per heavy atom. The Balaban J connectivity index is 2.01. The summed E-state index contributed by atoms with van der Waals surface area (Å²) in [6.45, 7) is 4.65. The molecular weight excluding hydrogens is 436 g/mol. The number of hydrogen-bond donors (Lipinski definition) is 0. The Hall–Kier alpha value is -2.73. The molecule has 0 aliphatic carbocycles. The number of piperidine rings is 1. The third kappa shape index (κ3) is 4.96. The number of ether oxygens (including phenoxy) is 6. The topological polar surface area (TPSA) is 113 Å². The molecule has 1 aromatic carbocycles. The molecule has 4 atom stereocenters. The summed E-state index contributed by atoms with van der Waals surface area (Å²) >= 11 is 0. The van der Waals surface area contributed by atoms with Gasteiger partial charge in [-0.15, -0.1) is 0 Å². The quantitative estimate of drug-likeness (QED) is 0.416. The molecule has 2 aliphatic heterocycles. The van der Waals surface area contributed by atoms with Gasteiger partial charge in [-0.05, 0) is 45.0 Å². The normalized spacial score (nSPS) is 24.9. The smallest absolute Gasteiger partial charge is 0.417 e. The molecule has 0 N–H and O–H groups in total.